The van der Waals surface area contributed by atoms with E-state index >= 15 is 0 Å². The fourth-order valence-electron chi connectivity index (χ4n) is 1.02. The van der Waals surface area contributed by atoms with Crippen molar-refractivity contribution < 1.29 is 9.63 Å². The van der Waals surface area contributed by atoms with E-state index < -0.39 is 0 Å². The fourth-order valence-corrected chi connectivity index (χ4v) is 1.02. The maximum atomic E-state index is 11.0. The van der Waals surface area contributed by atoms with Gasteiger partial charge in [-0.2, -0.15) is 0 Å². The molecule has 1 heterocycles. The van der Waals surface area contributed by atoms with Gasteiger partial charge in [-0.1, -0.05) is 6.08 Å². The van der Waals surface area contributed by atoms with Gasteiger partial charge < -0.3 is 4.84 Å². The van der Waals surface area contributed by atoms with Crippen molar-refractivity contribution in [3.05, 3.63) is 24.0 Å². The van der Waals surface area contributed by atoms with Crippen molar-refractivity contribution in [2.45, 2.75) is 5.82 Å². The second-order valence-corrected chi connectivity index (χ2v) is 2.19. The maximum absolute atomic E-state index is 11.0. The summed E-state index contributed by atoms with van der Waals surface area (Å²) in [6, 6.07) is 0. The topological polar surface area (TPSA) is 38.3 Å². The molecule has 1 saturated heterocycles. The smallest absolute Gasteiger partial charge is 0.278 e. The summed E-state index contributed by atoms with van der Waals surface area (Å²) in [6.07, 6.45) is 5.01. The third-order valence-corrected chi connectivity index (χ3v) is 1.55. The van der Waals surface area contributed by atoms with Crippen LogP contribution in [0.4, 0.5) is 0 Å². The van der Waals surface area contributed by atoms with Gasteiger partial charge in [-0.3, -0.25) is 4.79 Å². The van der Waals surface area contributed by atoms with E-state index in [0.29, 0.717) is 5.76 Å². The predicted molar refractivity (Wildman–Crippen MR) is 36.0 cm³/mol. The summed E-state index contributed by atoms with van der Waals surface area (Å²) in [5, 5.41) is 2.54. The molecule has 1 fully saturated rings. The van der Waals surface area contributed by atoms with E-state index in [4.69, 9.17) is 4.84 Å². The third kappa shape index (κ3) is 0.692. The first-order valence-electron chi connectivity index (χ1n) is 3.06. The highest BCUT2D eigenvalue weighted by Gasteiger charge is 2.31. The highest BCUT2D eigenvalue weighted by Crippen LogP contribution is 2.25. The van der Waals surface area contributed by atoms with E-state index in [1.54, 1.807) is 25.6 Å². The van der Waals surface area contributed by atoms with Gasteiger partial charge in [0.2, 0.25) is 0 Å². The van der Waals surface area contributed by atoms with Crippen LogP contribution in [0.2, 0.25) is 5.82 Å². The van der Waals surface area contributed by atoms with Gasteiger partial charge in [-0.25, -0.2) is 5.39 Å². The molecule has 4 heteroatoms. The van der Waals surface area contributed by atoms with Crippen LogP contribution in [-0.4, -0.2) is 13.2 Å². The lowest BCUT2D eigenvalue weighted by atomic mass is 9.72. The van der Waals surface area contributed by atoms with Crippen LogP contribution >= 0.6 is 0 Å². The molecule has 0 amide bonds. The van der Waals surface area contributed by atoms with Crippen molar-refractivity contribution in [2.75, 3.05) is 0 Å². The van der Waals surface area contributed by atoms with Crippen LogP contribution < -0.4 is 5.39 Å². The number of carbonyl (C=O) groups excluding carboxylic acids is 1. The first kappa shape index (κ1) is 5.74. The molecule has 0 aromatic carbocycles. The molecule has 1 aliphatic heterocycles. The predicted octanol–water partition coefficient (Wildman–Crippen LogP) is -0.0483. The number of nitrogens with one attached hydrogen (secondary N) is 1. The molecule has 10 heavy (non-hydrogen) atoms. The summed E-state index contributed by atoms with van der Waals surface area (Å²) in [7, 11) is 1.64. The van der Waals surface area contributed by atoms with Gasteiger partial charge in [0, 0.05) is 0 Å². The van der Waals surface area contributed by atoms with Crippen LogP contribution in [-0.2, 0) is 9.63 Å². The number of hydrogen-bond acceptors (Lipinski definition) is 3. The quantitative estimate of drug-likeness (QED) is 0.472. The van der Waals surface area contributed by atoms with Gasteiger partial charge in [0.1, 0.15) is 5.76 Å². The number of allylic oxidation sites excluding steroid dienone is 4. The highest BCUT2D eigenvalue weighted by atomic mass is 16.6. The first-order chi connectivity index (χ1) is 4.88. The summed E-state index contributed by atoms with van der Waals surface area (Å²) in [5.74, 6) is 0.569. The molecule has 0 bridgehead atoms. The molecule has 2 rings (SSSR count). The summed E-state index contributed by atoms with van der Waals surface area (Å²) < 4.78 is 0. The van der Waals surface area contributed by atoms with E-state index in [1.807, 2.05) is 0 Å². The molecule has 1 radical (unpaired) electrons. The first-order valence-corrected chi connectivity index (χ1v) is 3.06. The van der Waals surface area contributed by atoms with Crippen LogP contribution in [0.25, 0.3) is 0 Å². The lowest BCUT2D eigenvalue weighted by Crippen LogP contribution is -2.16. The van der Waals surface area contributed by atoms with Gasteiger partial charge in [0.05, 0.1) is 5.82 Å². The number of carbonyl (C=O) groups is 1. The highest BCUT2D eigenvalue weighted by molar-refractivity contribution is 6.45. The van der Waals surface area contributed by atoms with Crippen LogP contribution in [0.1, 0.15) is 0 Å². The van der Waals surface area contributed by atoms with Crippen molar-refractivity contribution >= 4 is 13.2 Å². The van der Waals surface area contributed by atoms with Crippen molar-refractivity contribution in [1.82, 2.24) is 5.39 Å². The van der Waals surface area contributed by atoms with E-state index in [0.717, 1.165) is 0 Å². The zero-order valence-corrected chi connectivity index (χ0v) is 5.20. The van der Waals surface area contributed by atoms with Gasteiger partial charge >= 0.3 is 0 Å². The van der Waals surface area contributed by atoms with Gasteiger partial charge in [-0.05, 0) is 12.2 Å². The maximum Gasteiger partial charge on any atom is 0.278 e. The standard InChI is InChI=1S/C6H5BNO2/c9-4-2-1-3-5-6(4)7-8-10-5/h1-3,6,8H. The Kier molecular flexibility index (Phi) is 1.14. The Morgan fingerprint density at radius 2 is 2.60 bits per heavy atom. The zero-order chi connectivity index (χ0) is 6.97. The van der Waals surface area contributed by atoms with Crippen molar-refractivity contribution in [3.63, 3.8) is 0 Å². The van der Waals surface area contributed by atoms with E-state index in [-0.39, 0.29) is 11.6 Å². The van der Waals surface area contributed by atoms with Crippen molar-refractivity contribution in [3.8, 4) is 0 Å². The molecule has 1 aliphatic carbocycles. The number of rotatable bonds is 0. The summed E-state index contributed by atoms with van der Waals surface area (Å²) in [4.78, 5) is 15.9. The Morgan fingerprint density at radius 3 is 3.40 bits per heavy atom. The molecular weight excluding hydrogens is 129 g/mol. The second kappa shape index (κ2) is 1.99. The average molecular weight is 134 g/mol. The van der Waals surface area contributed by atoms with Crippen LogP contribution in [0.15, 0.2) is 24.0 Å². The van der Waals surface area contributed by atoms with Gasteiger partial charge in [0.25, 0.3) is 7.41 Å². The van der Waals surface area contributed by atoms with Gasteiger partial charge in [-0.15, -0.1) is 0 Å². The normalized spacial score (nSPS) is 28.6. The molecule has 3 nitrogen and oxygen atoms in total. The van der Waals surface area contributed by atoms with Crippen LogP contribution in [0.3, 0.4) is 0 Å². The Bertz CT molecular complexity index is 234. The number of fused-ring (bicyclic) bond motifs is 1. The lowest BCUT2D eigenvalue weighted by Gasteiger charge is -2.06. The minimum Gasteiger partial charge on any atom is -0.426 e. The average Bonchev–Trinajstić information content (AvgIpc) is 2.36. The fraction of sp³-hybridized carbons (Fsp3) is 0.167. The van der Waals surface area contributed by atoms with E-state index in [9.17, 15) is 4.79 Å². The molecule has 1 atom stereocenters. The molecule has 1 N–H and O–H groups in total. The zero-order valence-electron chi connectivity index (χ0n) is 5.20. The summed E-state index contributed by atoms with van der Waals surface area (Å²) in [5.41, 5.74) is 0. The van der Waals surface area contributed by atoms with E-state index in [2.05, 4.69) is 5.39 Å². The lowest BCUT2D eigenvalue weighted by molar-refractivity contribution is -0.114. The van der Waals surface area contributed by atoms with Crippen LogP contribution in [0, 0.1) is 0 Å². The molecule has 0 spiro atoms. The molecular formula is C6H5BNO2. The van der Waals surface area contributed by atoms with Crippen LogP contribution in [0.5, 0.6) is 0 Å². The molecule has 49 valence electrons. The molecule has 0 aromatic rings. The Labute approximate surface area is 59.0 Å². The number of hydrogen-bond donors (Lipinski definition) is 1. The number of ketones is 1. The summed E-state index contributed by atoms with van der Waals surface area (Å²) >= 11 is 0. The van der Waals surface area contributed by atoms with Gasteiger partial charge in [0.15, 0.2) is 5.78 Å². The molecule has 1 unspecified atom stereocenters. The Morgan fingerprint density at radius 1 is 1.70 bits per heavy atom. The molecule has 2 aliphatic rings. The Balaban J connectivity index is 2.33. The Hall–Kier alpha value is -1.03. The molecule has 0 aromatic heterocycles. The minimum absolute atomic E-state index is 0.0718. The van der Waals surface area contributed by atoms with E-state index in [1.165, 1.54) is 0 Å². The SMILES string of the molecule is O=C1C=CC=C2ON[B]C12. The minimum atomic E-state index is -0.190. The monoisotopic (exact) mass is 134 g/mol. The van der Waals surface area contributed by atoms with Crippen molar-refractivity contribution in [2.24, 2.45) is 0 Å². The second-order valence-electron chi connectivity index (χ2n) is 2.19. The molecule has 0 saturated carbocycles. The van der Waals surface area contributed by atoms with Crippen molar-refractivity contribution in [1.29, 1.82) is 0 Å². The third-order valence-electron chi connectivity index (χ3n) is 1.55. The summed E-state index contributed by atoms with van der Waals surface area (Å²) in [6.45, 7) is 0. The largest absolute Gasteiger partial charge is 0.426 e.